The van der Waals surface area contributed by atoms with Crippen LogP contribution in [0.25, 0.3) is 0 Å². The van der Waals surface area contributed by atoms with Gasteiger partial charge in [0.1, 0.15) is 5.54 Å². The molecule has 1 rings (SSSR count). The summed E-state index contributed by atoms with van der Waals surface area (Å²) < 4.78 is 0. The van der Waals surface area contributed by atoms with Crippen molar-refractivity contribution in [1.29, 1.82) is 0 Å². The summed E-state index contributed by atoms with van der Waals surface area (Å²) in [5.74, 6) is 0.113. The molecule has 3 heteroatoms. The standard InChI is InChI=1S/C12H24N2O/c1-8(2)14-12(10(13)15)7-11(4,5)6-9(12)3/h8-9,14H,6-7H2,1-5H3,(H2,13,15). The monoisotopic (exact) mass is 212 g/mol. The Bertz CT molecular complexity index is 260. The largest absolute Gasteiger partial charge is 0.368 e. The molecular weight excluding hydrogens is 188 g/mol. The molecule has 2 atom stereocenters. The van der Waals surface area contributed by atoms with Crippen LogP contribution >= 0.6 is 0 Å². The minimum Gasteiger partial charge on any atom is -0.368 e. The molecule has 1 amide bonds. The van der Waals surface area contributed by atoms with Crippen molar-refractivity contribution in [3.63, 3.8) is 0 Å². The number of carbonyl (C=O) groups excluding carboxylic acids is 1. The van der Waals surface area contributed by atoms with Gasteiger partial charge in [0.2, 0.25) is 5.91 Å². The van der Waals surface area contributed by atoms with Gasteiger partial charge in [0, 0.05) is 6.04 Å². The van der Waals surface area contributed by atoms with E-state index in [4.69, 9.17) is 5.73 Å². The number of rotatable bonds is 3. The SMILES string of the molecule is CC(C)NC1(C(N)=O)CC(C)(C)CC1C. The van der Waals surface area contributed by atoms with Gasteiger partial charge in [-0.3, -0.25) is 4.79 Å². The molecule has 0 spiro atoms. The van der Waals surface area contributed by atoms with Crippen molar-refractivity contribution in [3.05, 3.63) is 0 Å². The van der Waals surface area contributed by atoms with E-state index in [-0.39, 0.29) is 17.4 Å². The fraction of sp³-hybridized carbons (Fsp3) is 0.917. The van der Waals surface area contributed by atoms with E-state index in [9.17, 15) is 4.79 Å². The van der Waals surface area contributed by atoms with Crippen LogP contribution in [-0.2, 0) is 4.79 Å². The van der Waals surface area contributed by atoms with E-state index in [2.05, 4.69) is 39.9 Å². The lowest BCUT2D eigenvalue weighted by Crippen LogP contribution is -2.59. The highest BCUT2D eigenvalue weighted by Crippen LogP contribution is 2.47. The molecule has 0 aliphatic heterocycles. The summed E-state index contributed by atoms with van der Waals surface area (Å²) in [5.41, 5.74) is 5.29. The molecule has 0 bridgehead atoms. The minimum atomic E-state index is -0.502. The number of amides is 1. The van der Waals surface area contributed by atoms with Crippen LogP contribution < -0.4 is 11.1 Å². The maximum atomic E-state index is 11.7. The van der Waals surface area contributed by atoms with E-state index in [0.717, 1.165) is 12.8 Å². The van der Waals surface area contributed by atoms with Gasteiger partial charge in [-0.25, -0.2) is 0 Å². The highest BCUT2D eigenvalue weighted by Gasteiger charge is 2.52. The Morgan fingerprint density at radius 1 is 1.47 bits per heavy atom. The lowest BCUT2D eigenvalue weighted by Gasteiger charge is -2.34. The van der Waals surface area contributed by atoms with E-state index < -0.39 is 5.54 Å². The molecule has 3 nitrogen and oxygen atoms in total. The number of carbonyl (C=O) groups is 1. The molecule has 0 radical (unpaired) electrons. The van der Waals surface area contributed by atoms with Gasteiger partial charge >= 0.3 is 0 Å². The summed E-state index contributed by atoms with van der Waals surface area (Å²) >= 11 is 0. The normalized spacial score (nSPS) is 34.7. The van der Waals surface area contributed by atoms with Crippen molar-refractivity contribution in [2.75, 3.05) is 0 Å². The third-order valence-electron chi connectivity index (χ3n) is 3.44. The van der Waals surface area contributed by atoms with Crippen molar-refractivity contribution in [2.45, 2.75) is 59.0 Å². The maximum Gasteiger partial charge on any atom is 0.238 e. The summed E-state index contributed by atoms with van der Waals surface area (Å²) in [4.78, 5) is 11.7. The Hall–Kier alpha value is -0.570. The van der Waals surface area contributed by atoms with Gasteiger partial charge in [0.25, 0.3) is 0 Å². The van der Waals surface area contributed by atoms with Crippen LogP contribution in [0.2, 0.25) is 0 Å². The lowest BCUT2D eigenvalue weighted by atomic mass is 9.85. The molecule has 15 heavy (non-hydrogen) atoms. The van der Waals surface area contributed by atoms with Gasteiger partial charge < -0.3 is 11.1 Å². The Labute approximate surface area is 92.8 Å². The predicted molar refractivity (Wildman–Crippen MR) is 62.4 cm³/mol. The third kappa shape index (κ3) is 2.33. The van der Waals surface area contributed by atoms with Crippen molar-refractivity contribution in [2.24, 2.45) is 17.1 Å². The summed E-state index contributed by atoms with van der Waals surface area (Å²) in [7, 11) is 0. The Morgan fingerprint density at radius 3 is 2.27 bits per heavy atom. The number of nitrogens with one attached hydrogen (secondary N) is 1. The quantitative estimate of drug-likeness (QED) is 0.747. The molecule has 1 fully saturated rings. The zero-order valence-corrected chi connectivity index (χ0v) is 10.6. The van der Waals surface area contributed by atoms with E-state index in [1.807, 2.05) is 0 Å². The molecule has 0 saturated heterocycles. The molecule has 1 saturated carbocycles. The molecule has 0 aromatic heterocycles. The zero-order valence-electron chi connectivity index (χ0n) is 10.6. The van der Waals surface area contributed by atoms with Crippen LogP contribution in [0.4, 0.5) is 0 Å². The Morgan fingerprint density at radius 2 is 2.00 bits per heavy atom. The molecule has 3 N–H and O–H groups in total. The van der Waals surface area contributed by atoms with Crippen LogP contribution in [-0.4, -0.2) is 17.5 Å². The average Bonchev–Trinajstić information content (AvgIpc) is 2.20. The molecule has 1 aliphatic carbocycles. The highest BCUT2D eigenvalue weighted by atomic mass is 16.1. The number of primary amides is 1. The maximum absolute atomic E-state index is 11.7. The van der Waals surface area contributed by atoms with Gasteiger partial charge in [-0.15, -0.1) is 0 Å². The van der Waals surface area contributed by atoms with Gasteiger partial charge in [0.15, 0.2) is 0 Å². The Balaban J connectivity index is 2.97. The topological polar surface area (TPSA) is 55.1 Å². The predicted octanol–water partition coefficient (Wildman–Crippen LogP) is 1.66. The second kappa shape index (κ2) is 3.78. The second-order valence-electron chi connectivity index (χ2n) is 6.08. The fourth-order valence-corrected chi connectivity index (χ4v) is 3.11. The zero-order chi connectivity index (χ0) is 11.9. The summed E-state index contributed by atoms with van der Waals surface area (Å²) in [6, 6.07) is 0.286. The van der Waals surface area contributed by atoms with Crippen molar-refractivity contribution in [3.8, 4) is 0 Å². The van der Waals surface area contributed by atoms with Crippen LogP contribution in [0.3, 0.4) is 0 Å². The van der Waals surface area contributed by atoms with Gasteiger partial charge in [-0.05, 0) is 38.0 Å². The molecule has 88 valence electrons. The minimum absolute atomic E-state index is 0.200. The number of hydrogen-bond acceptors (Lipinski definition) is 2. The van der Waals surface area contributed by atoms with Crippen LogP contribution in [0.15, 0.2) is 0 Å². The summed E-state index contributed by atoms with van der Waals surface area (Å²) in [6.45, 7) is 10.6. The third-order valence-corrected chi connectivity index (χ3v) is 3.44. The van der Waals surface area contributed by atoms with Crippen LogP contribution in [0.5, 0.6) is 0 Å². The summed E-state index contributed by atoms with van der Waals surface area (Å²) in [5, 5.41) is 3.39. The highest BCUT2D eigenvalue weighted by molar-refractivity contribution is 5.85. The first kappa shape index (κ1) is 12.5. The molecule has 0 heterocycles. The van der Waals surface area contributed by atoms with Gasteiger partial charge in [-0.2, -0.15) is 0 Å². The smallest absolute Gasteiger partial charge is 0.238 e. The second-order valence-corrected chi connectivity index (χ2v) is 6.08. The lowest BCUT2D eigenvalue weighted by molar-refractivity contribution is -0.126. The molecule has 2 unspecified atom stereocenters. The number of hydrogen-bond donors (Lipinski definition) is 2. The van der Waals surface area contributed by atoms with Gasteiger partial charge in [-0.1, -0.05) is 20.8 Å². The average molecular weight is 212 g/mol. The van der Waals surface area contributed by atoms with Crippen molar-refractivity contribution >= 4 is 5.91 Å². The van der Waals surface area contributed by atoms with Crippen molar-refractivity contribution < 1.29 is 4.79 Å². The fourth-order valence-electron chi connectivity index (χ4n) is 3.11. The first-order valence-corrected chi connectivity index (χ1v) is 5.77. The van der Waals surface area contributed by atoms with E-state index >= 15 is 0 Å². The van der Waals surface area contributed by atoms with E-state index in [0.29, 0.717) is 5.92 Å². The molecular formula is C12H24N2O. The van der Waals surface area contributed by atoms with Gasteiger partial charge in [0.05, 0.1) is 0 Å². The first-order chi connectivity index (χ1) is 6.69. The first-order valence-electron chi connectivity index (χ1n) is 5.77. The number of nitrogens with two attached hydrogens (primary N) is 1. The van der Waals surface area contributed by atoms with Crippen LogP contribution in [0, 0.1) is 11.3 Å². The van der Waals surface area contributed by atoms with E-state index in [1.165, 1.54) is 0 Å². The molecule has 0 aromatic rings. The molecule has 0 aromatic carbocycles. The van der Waals surface area contributed by atoms with E-state index in [1.54, 1.807) is 0 Å². The van der Waals surface area contributed by atoms with Crippen molar-refractivity contribution in [1.82, 2.24) is 5.32 Å². The molecule has 1 aliphatic rings. The summed E-state index contributed by atoms with van der Waals surface area (Å²) in [6.07, 6.45) is 1.89. The Kier molecular flexibility index (Phi) is 3.15. The van der Waals surface area contributed by atoms with Crippen LogP contribution in [0.1, 0.15) is 47.5 Å².